The first kappa shape index (κ1) is 22.2. The van der Waals surface area contributed by atoms with Crippen molar-refractivity contribution < 1.29 is 4.79 Å². The van der Waals surface area contributed by atoms with Gasteiger partial charge in [-0.05, 0) is 67.4 Å². The molecule has 1 heterocycles. The summed E-state index contributed by atoms with van der Waals surface area (Å²) in [6, 6.07) is 21.8. The summed E-state index contributed by atoms with van der Waals surface area (Å²) >= 11 is 12.3. The van der Waals surface area contributed by atoms with Crippen molar-refractivity contribution in [3.63, 3.8) is 0 Å². The normalized spacial score (nSPS) is 20.5. The minimum atomic E-state index is -0.556. The maximum absolute atomic E-state index is 14.0. The molecule has 0 aromatic heterocycles. The van der Waals surface area contributed by atoms with Crippen molar-refractivity contribution in [2.24, 2.45) is 0 Å². The first-order valence-corrected chi connectivity index (χ1v) is 11.3. The summed E-state index contributed by atoms with van der Waals surface area (Å²) < 4.78 is 0. The Bertz CT molecular complexity index is 1170. The molecule has 1 saturated heterocycles. The number of urea groups is 1. The third kappa shape index (κ3) is 3.83. The molecular formula is C26H23Cl2N3O. The lowest BCUT2D eigenvalue weighted by atomic mass is 9.82. The van der Waals surface area contributed by atoms with E-state index in [0.29, 0.717) is 15.7 Å². The fourth-order valence-electron chi connectivity index (χ4n) is 4.72. The standard InChI is InChI=1S/C26H23Cl2N3O/c1-4-16-26(2)24(18-6-5-7-21(17-18)29-3)30(22-12-8-19(27)9-13-22)25(32)31(26)23-14-10-20(28)11-15-23/h5-15,17,24H,4,16H2,1-2H3/t24-,26-/m0/s1. The summed E-state index contributed by atoms with van der Waals surface area (Å²) in [6.07, 6.45) is 1.67. The summed E-state index contributed by atoms with van der Waals surface area (Å²) in [5.41, 5.74) is 2.47. The monoisotopic (exact) mass is 463 g/mol. The minimum absolute atomic E-state index is 0.121. The molecule has 1 aliphatic heterocycles. The van der Waals surface area contributed by atoms with E-state index in [1.54, 1.807) is 30.3 Å². The molecule has 0 unspecified atom stereocenters. The van der Waals surface area contributed by atoms with E-state index in [9.17, 15) is 4.79 Å². The molecule has 4 rings (SSSR count). The van der Waals surface area contributed by atoms with Gasteiger partial charge < -0.3 is 0 Å². The molecule has 1 aliphatic rings. The molecule has 0 saturated carbocycles. The highest BCUT2D eigenvalue weighted by Crippen LogP contribution is 2.50. The molecule has 6 heteroatoms. The van der Waals surface area contributed by atoms with Gasteiger partial charge in [0.05, 0.1) is 18.2 Å². The molecule has 162 valence electrons. The Morgan fingerprint density at radius 3 is 2.12 bits per heavy atom. The first-order valence-electron chi connectivity index (χ1n) is 10.5. The Morgan fingerprint density at radius 2 is 1.56 bits per heavy atom. The van der Waals surface area contributed by atoms with Gasteiger partial charge in [0.1, 0.15) is 0 Å². The van der Waals surface area contributed by atoms with Crippen LogP contribution in [0.3, 0.4) is 0 Å². The lowest BCUT2D eigenvalue weighted by Crippen LogP contribution is -2.46. The van der Waals surface area contributed by atoms with Crippen molar-refractivity contribution in [2.45, 2.75) is 38.3 Å². The number of nitrogens with zero attached hydrogens (tertiary/aromatic N) is 3. The number of halogens is 2. The van der Waals surface area contributed by atoms with Crippen LogP contribution in [0.25, 0.3) is 4.85 Å². The largest absolute Gasteiger partial charge is 0.330 e. The molecule has 2 atom stereocenters. The van der Waals surface area contributed by atoms with Crippen molar-refractivity contribution in [3.05, 3.63) is 99.8 Å². The fraction of sp³-hybridized carbons (Fsp3) is 0.231. The van der Waals surface area contributed by atoms with Gasteiger partial charge in [-0.1, -0.05) is 60.8 Å². The van der Waals surface area contributed by atoms with Gasteiger partial charge >= 0.3 is 6.03 Å². The molecule has 4 nitrogen and oxygen atoms in total. The van der Waals surface area contributed by atoms with Crippen molar-refractivity contribution >= 4 is 46.3 Å². The van der Waals surface area contributed by atoms with E-state index < -0.39 is 5.54 Å². The Balaban J connectivity index is 1.95. The molecular weight excluding hydrogens is 441 g/mol. The van der Waals surface area contributed by atoms with Crippen molar-refractivity contribution in [1.82, 2.24) is 0 Å². The highest BCUT2D eigenvalue weighted by atomic mass is 35.5. The lowest BCUT2D eigenvalue weighted by Gasteiger charge is -2.39. The number of carbonyl (C=O) groups excluding carboxylic acids is 1. The zero-order chi connectivity index (χ0) is 22.9. The molecule has 0 aliphatic carbocycles. The first-order chi connectivity index (χ1) is 15.4. The number of rotatable bonds is 5. The van der Waals surface area contributed by atoms with E-state index in [1.165, 1.54) is 0 Å². The second kappa shape index (κ2) is 8.86. The highest BCUT2D eigenvalue weighted by molar-refractivity contribution is 6.31. The van der Waals surface area contributed by atoms with Crippen molar-refractivity contribution in [1.29, 1.82) is 0 Å². The Morgan fingerprint density at radius 1 is 0.969 bits per heavy atom. The van der Waals surface area contributed by atoms with Crippen LogP contribution in [0.5, 0.6) is 0 Å². The lowest BCUT2D eigenvalue weighted by molar-refractivity contribution is 0.253. The van der Waals surface area contributed by atoms with Crippen LogP contribution >= 0.6 is 23.2 Å². The van der Waals surface area contributed by atoms with Gasteiger partial charge in [0.25, 0.3) is 0 Å². The zero-order valence-electron chi connectivity index (χ0n) is 17.9. The van der Waals surface area contributed by atoms with E-state index in [2.05, 4.69) is 18.7 Å². The summed E-state index contributed by atoms with van der Waals surface area (Å²) in [7, 11) is 0. The average Bonchev–Trinajstić information content (AvgIpc) is 3.02. The number of amides is 2. The van der Waals surface area contributed by atoms with Crippen LogP contribution in [0, 0.1) is 6.57 Å². The molecule has 1 fully saturated rings. The van der Waals surface area contributed by atoms with Crippen LogP contribution in [0.15, 0.2) is 72.8 Å². The topological polar surface area (TPSA) is 27.9 Å². The molecule has 3 aromatic rings. The molecule has 0 bridgehead atoms. The van der Waals surface area contributed by atoms with Crippen LogP contribution in [0.2, 0.25) is 10.0 Å². The highest BCUT2D eigenvalue weighted by Gasteiger charge is 2.55. The van der Waals surface area contributed by atoms with Crippen LogP contribution < -0.4 is 9.80 Å². The van der Waals surface area contributed by atoms with Crippen molar-refractivity contribution in [2.75, 3.05) is 9.80 Å². The fourth-order valence-corrected chi connectivity index (χ4v) is 4.97. The van der Waals surface area contributed by atoms with Gasteiger partial charge in [-0.25, -0.2) is 9.64 Å². The summed E-state index contributed by atoms with van der Waals surface area (Å²) in [5.74, 6) is 0. The molecule has 0 radical (unpaired) electrons. The van der Waals surface area contributed by atoms with E-state index in [4.69, 9.17) is 29.8 Å². The van der Waals surface area contributed by atoms with Gasteiger partial charge in [0, 0.05) is 21.4 Å². The van der Waals surface area contributed by atoms with Gasteiger partial charge in [0.15, 0.2) is 5.69 Å². The predicted molar refractivity (Wildman–Crippen MR) is 132 cm³/mol. The Kier molecular flexibility index (Phi) is 6.15. The van der Waals surface area contributed by atoms with E-state index in [-0.39, 0.29) is 12.1 Å². The second-order valence-electron chi connectivity index (χ2n) is 8.16. The van der Waals surface area contributed by atoms with Crippen LogP contribution in [-0.2, 0) is 0 Å². The molecule has 3 aromatic carbocycles. The molecule has 0 N–H and O–H groups in total. The average molecular weight is 464 g/mol. The Hall–Kier alpha value is -3.00. The summed E-state index contributed by atoms with van der Waals surface area (Å²) in [4.78, 5) is 21.3. The molecule has 0 spiro atoms. The van der Waals surface area contributed by atoms with Crippen LogP contribution in [0.1, 0.15) is 38.3 Å². The number of carbonyl (C=O) groups is 1. The smallest absolute Gasteiger partial charge is 0.286 e. The Labute approximate surface area is 198 Å². The third-order valence-corrected chi connectivity index (χ3v) is 6.52. The number of hydrogen-bond acceptors (Lipinski definition) is 1. The van der Waals surface area contributed by atoms with Gasteiger partial charge in [-0.2, -0.15) is 0 Å². The molecule has 2 amide bonds. The number of benzene rings is 3. The van der Waals surface area contributed by atoms with Crippen LogP contribution in [-0.4, -0.2) is 11.6 Å². The van der Waals surface area contributed by atoms with Crippen LogP contribution in [0.4, 0.5) is 21.9 Å². The van der Waals surface area contributed by atoms with Crippen molar-refractivity contribution in [3.8, 4) is 0 Å². The minimum Gasteiger partial charge on any atom is -0.286 e. The van der Waals surface area contributed by atoms with Gasteiger partial charge in [0.2, 0.25) is 0 Å². The third-order valence-electron chi connectivity index (χ3n) is 6.02. The van der Waals surface area contributed by atoms with Gasteiger partial charge in [-0.15, -0.1) is 0 Å². The second-order valence-corrected chi connectivity index (χ2v) is 9.03. The SMILES string of the molecule is [C-]#[N+]c1cccc([C@@H]2N(c3ccc(Cl)cc3)C(=O)N(c3ccc(Cl)cc3)[C@@]2(C)CCC)c1. The van der Waals surface area contributed by atoms with Gasteiger partial charge in [-0.3, -0.25) is 9.80 Å². The van der Waals surface area contributed by atoms with E-state index >= 15 is 0 Å². The van der Waals surface area contributed by atoms with E-state index in [1.807, 2.05) is 52.3 Å². The number of anilines is 2. The summed E-state index contributed by atoms with van der Waals surface area (Å²) in [6.45, 7) is 11.7. The predicted octanol–water partition coefficient (Wildman–Crippen LogP) is 8.29. The number of hydrogen-bond donors (Lipinski definition) is 0. The quantitative estimate of drug-likeness (QED) is 0.349. The maximum Gasteiger partial charge on any atom is 0.330 e. The zero-order valence-corrected chi connectivity index (χ0v) is 19.4. The summed E-state index contributed by atoms with van der Waals surface area (Å²) in [5, 5.41) is 1.23. The molecule has 32 heavy (non-hydrogen) atoms. The van der Waals surface area contributed by atoms with E-state index in [0.717, 1.165) is 29.8 Å². The maximum atomic E-state index is 14.0.